The predicted octanol–water partition coefficient (Wildman–Crippen LogP) is 3.13. The lowest BCUT2D eigenvalue weighted by Crippen LogP contribution is -2.28. The zero-order chi connectivity index (χ0) is 14.1. The van der Waals surface area contributed by atoms with Gasteiger partial charge in [0.25, 0.3) is 0 Å². The summed E-state index contributed by atoms with van der Waals surface area (Å²) in [5.74, 6) is 0.321. The van der Waals surface area contributed by atoms with Crippen LogP contribution in [-0.2, 0) is 0 Å². The maximum atomic E-state index is 13.9. The number of H-pyrrole nitrogens is 1. The first-order chi connectivity index (χ1) is 9.65. The van der Waals surface area contributed by atoms with Crippen LogP contribution in [0.15, 0.2) is 18.3 Å². The van der Waals surface area contributed by atoms with Gasteiger partial charge in [-0.05, 0) is 44.0 Å². The predicted molar refractivity (Wildman–Crippen MR) is 73.5 cm³/mol. The fourth-order valence-electron chi connectivity index (χ4n) is 2.62. The lowest BCUT2D eigenvalue weighted by molar-refractivity contribution is 0.449. The Morgan fingerprint density at radius 3 is 2.85 bits per heavy atom. The van der Waals surface area contributed by atoms with Crippen molar-refractivity contribution in [2.24, 2.45) is 0 Å². The maximum absolute atomic E-state index is 13.9. The SMILES string of the molecule is Cc1cc(F)c(-c2cnc(C3CCCNC3)[nH]2)cc1F. The molecule has 1 saturated heterocycles. The highest BCUT2D eigenvalue weighted by Gasteiger charge is 2.19. The van der Waals surface area contributed by atoms with Crippen molar-refractivity contribution in [3.63, 3.8) is 0 Å². The lowest BCUT2D eigenvalue weighted by Gasteiger charge is -2.20. The molecule has 0 bridgehead atoms. The molecule has 5 heteroatoms. The monoisotopic (exact) mass is 277 g/mol. The van der Waals surface area contributed by atoms with Gasteiger partial charge in [0.1, 0.15) is 17.5 Å². The fourth-order valence-corrected chi connectivity index (χ4v) is 2.62. The molecule has 0 saturated carbocycles. The molecular formula is C15H17F2N3. The molecule has 1 unspecified atom stereocenters. The summed E-state index contributed by atoms with van der Waals surface area (Å²) in [5, 5.41) is 3.32. The smallest absolute Gasteiger partial charge is 0.133 e. The topological polar surface area (TPSA) is 40.7 Å². The molecule has 0 amide bonds. The first-order valence-corrected chi connectivity index (χ1v) is 6.87. The van der Waals surface area contributed by atoms with Gasteiger partial charge in [-0.3, -0.25) is 0 Å². The van der Waals surface area contributed by atoms with E-state index in [0.29, 0.717) is 17.2 Å². The van der Waals surface area contributed by atoms with Crippen LogP contribution in [0.3, 0.4) is 0 Å². The summed E-state index contributed by atoms with van der Waals surface area (Å²) in [6, 6.07) is 2.44. The van der Waals surface area contributed by atoms with Gasteiger partial charge < -0.3 is 10.3 Å². The van der Waals surface area contributed by atoms with E-state index in [1.807, 2.05) is 0 Å². The minimum Gasteiger partial charge on any atom is -0.342 e. The number of aryl methyl sites for hydroxylation is 1. The van der Waals surface area contributed by atoms with Crippen LogP contribution in [0.2, 0.25) is 0 Å². The van der Waals surface area contributed by atoms with Gasteiger partial charge >= 0.3 is 0 Å². The Morgan fingerprint density at radius 2 is 2.10 bits per heavy atom. The van der Waals surface area contributed by atoms with Crippen LogP contribution in [-0.4, -0.2) is 23.1 Å². The maximum Gasteiger partial charge on any atom is 0.133 e. The van der Waals surface area contributed by atoms with Crippen molar-refractivity contribution in [3.8, 4) is 11.3 Å². The second-order valence-electron chi connectivity index (χ2n) is 5.31. The first kappa shape index (κ1) is 13.2. The highest BCUT2D eigenvalue weighted by molar-refractivity contribution is 5.60. The molecule has 3 nitrogen and oxygen atoms in total. The van der Waals surface area contributed by atoms with Crippen molar-refractivity contribution in [2.75, 3.05) is 13.1 Å². The van der Waals surface area contributed by atoms with E-state index in [0.717, 1.165) is 31.8 Å². The molecule has 0 aliphatic carbocycles. The summed E-state index contributed by atoms with van der Waals surface area (Å²) in [4.78, 5) is 7.45. The average Bonchev–Trinajstić information content (AvgIpc) is 2.93. The number of aromatic amines is 1. The third-order valence-corrected chi connectivity index (χ3v) is 3.82. The molecule has 1 aromatic heterocycles. The van der Waals surface area contributed by atoms with Crippen molar-refractivity contribution < 1.29 is 8.78 Å². The van der Waals surface area contributed by atoms with Gasteiger partial charge in [0.2, 0.25) is 0 Å². The van der Waals surface area contributed by atoms with E-state index >= 15 is 0 Å². The average molecular weight is 277 g/mol. The summed E-state index contributed by atoms with van der Waals surface area (Å²) in [6.45, 7) is 3.45. The summed E-state index contributed by atoms with van der Waals surface area (Å²) >= 11 is 0. The molecule has 1 aromatic carbocycles. The van der Waals surface area contributed by atoms with Gasteiger partial charge in [0, 0.05) is 18.0 Å². The van der Waals surface area contributed by atoms with Crippen LogP contribution in [0.1, 0.15) is 30.1 Å². The van der Waals surface area contributed by atoms with E-state index in [-0.39, 0.29) is 5.56 Å². The number of hydrogen-bond acceptors (Lipinski definition) is 2. The van der Waals surface area contributed by atoms with E-state index < -0.39 is 11.6 Å². The van der Waals surface area contributed by atoms with Gasteiger partial charge in [-0.2, -0.15) is 0 Å². The zero-order valence-electron chi connectivity index (χ0n) is 11.3. The Bertz CT molecular complexity index is 616. The van der Waals surface area contributed by atoms with E-state index in [4.69, 9.17) is 0 Å². The Balaban J connectivity index is 1.91. The number of hydrogen-bond donors (Lipinski definition) is 2. The van der Waals surface area contributed by atoms with Crippen LogP contribution >= 0.6 is 0 Å². The molecule has 3 rings (SSSR count). The van der Waals surface area contributed by atoms with Gasteiger partial charge in [-0.1, -0.05) is 0 Å². The number of rotatable bonds is 2. The van der Waals surface area contributed by atoms with E-state index in [2.05, 4.69) is 15.3 Å². The molecule has 1 atom stereocenters. The van der Waals surface area contributed by atoms with Crippen LogP contribution < -0.4 is 5.32 Å². The van der Waals surface area contributed by atoms with Crippen molar-refractivity contribution in [2.45, 2.75) is 25.7 Å². The largest absolute Gasteiger partial charge is 0.342 e. The van der Waals surface area contributed by atoms with E-state index in [1.165, 1.54) is 12.1 Å². The molecule has 0 spiro atoms. The molecule has 2 N–H and O–H groups in total. The molecule has 1 aliphatic heterocycles. The third kappa shape index (κ3) is 2.45. The fraction of sp³-hybridized carbons (Fsp3) is 0.400. The van der Waals surface area contributed by atoms with E-state index in [1.54, 1.807) is 13.1 Å². The normalized spacial score (nSPS) is 19.2. The Labute approximate surface area is 116 Å². The number of halogens is 2. The molecule has 106 valence electrons. The second-order valence-corrected chi connectivity index (χ2v) is 5.31. The molecule has 1 aliphatic rings. The zero-order valence-corrected chi connectivity index (χ0v) is 11.3. The Kier molecular flexibility index (Phi) is 3.53. The summed E-state index contributed by atoms with van der Waals surface area (Å²) in [5.41, 5.74) is 1.07. The number of piperidine rings is 1. The van der Waals surface area contributed by atoms with Gasteiger partial charge in [-0.15, -0.1) is 0 Å². The molecule has 2 aromatic rings. The number of aromatic nitrogens is 2. The standard InChI is InChI=1S/C15H17F2N3/c1-9-5-13(17)11(6-12(9)16)14-8-19-15(20-14)10-3-2-4-18-7-10/h5-6,8,10,18H,2-4,7H2,1H3,(H,19,20). The van der Waals surface area contributed by atoms with Crippen molar-refractivity contribution in [1.29, 1.82) is 0 Å². The second kappa shape index (κ2) is 5.32. The Hall–Kier alpha value is -1.75. The highest BCUT2D eigenvalue weighted by Crippen LogP contribution is 2.27. The number of benzene rings is 1. The number of nitrogens with zero attached hydrogens (tertiary/aromatic N) is 1. The minimum atomic E-state index is -0.430. The van der Waals surface area contributed by atoms with Crippen LogP contribution in [0.25, 0.3) is 11.3 Å². The molecule has 1 fully saturated rings. The quantitative estimate of drug-likeness (QED) is 0.885. The molecule has 2 heterocycles. The van der Waals surface area contributed by atoms with Gasteiger partial charge in [-0.25, -0.2) is 13.8 Å². The summed E-state index contributed by atoms with van der Waals surface area (Å²) in [6.07, 6.45) is 3.75. The number of nitrogens with one attached hydrogen (secondary N) is 2. The Morgan fingerprint density at radius 1 is 1.25 bits per heavy atom. The van der Waals surface area contributed by atoms with Gasteiger partial charge in [0.15, 0.2) is 0 Å². The molecular weight excluding hydrogens is 260 g/mol. The first-order valence-electron chi connectivity index (χ1n) is 6.87. The van der Waals surface area contributed by atoms with Crippen LogP contribution in [0, 0.1) is 18.6 Å². The van der Waals surface area contributed by atoms with Crippen LogP contribution in [0.5, 0.6) is 0 Å². The lowest BCUT2D eigenvalue weighted by atomic mass is 9.99. The van der Waals surface area contributed by atoms with Crippen molar-refractivity contribution in [3.05, 3.63) is 41.4 Å². The highest BCUT2D eigenvalue weighted by atomic mass is 19.1. The number of imidazole rings is 1. The van der Waals surface area contributed by atoms with Gasteiger partial charge in [0.05, 0.1) is 11.9 Å². The molecule has 20 heavy (non-hydrogen) atoms. The van der Waals surface area contributed by atoms with E-state index in [9.17, 15) is 8.78 Å². The summed E-state index contributed by atoms with van der Waals surface area (Å²) in [7, 11) is 0. The summed E-state index contributed by atoms with van der Waals surface area (Å²) < 4.78 is 27.5. The van der Waals surface area contributed by atoms with Crippen molar-refractivity contribution in [1.82, 2.24) is 15.3 Å². The molecule has 0 radical (unpaired) electrons. The minimum absolute atomic E-state index is 0.232. The van der Waals surface area contributed by atoms with Crippen molar-refractivity contribution >= 4 is 0 Å². The third-order valence-electron chi connectivity index (χ3n) is 3.82. The van der Waals surface area contributed by atoms with Crippen LogP contribution in [0.4, 0.5) is 8.78 Å².